The summed E-state index contributed by atoms with van der Waals surface area (Å²) < 4.78 is 4.93. The van der Waals surface area contributed by atoms with Gasteiger partial charge in [-0.05, 0) is 27.7 Å². The number of carbonyl (C=O) groups is 2. The fraction of sp³-hybridized carbons (Fsp3) is 0.667. The maximum atomic E-state index is 11.1. The van der Waals surface area contributed by atoms with Crippen LogP contribution in [0.15, 0.2) is 0 Å². The van der Waals surface area contributed by atoms with E-state index in [1.165, 1.54) is 7.05 Å². The summed E-state index contributed by atoms with van der Waals surface area (Å²) in [7, 11) is 1.47. The number of hydrogen-bond acceptors (Lipinski definition) is 3. The summed E-state index contributed by atoms with van der Waals surface area (Å²) in [5.74, 6) is -0.365. The van der Waals surface area contributed by atoms with E-state index in [2.05, 4.69) is 17.6 Å². The quantitative estimate of drug-likeness (QED) is 0.682. The topological polar surface area (TPSA) is 67.4 Å². The van der Waals surface area contributed by atoms with Crippen molar-refractivity contribution in [1.82, 2.24) is 10.6 Å². The van der Waals surface area contributed by atoms with Crippen LogP contribution in [0.4, 0.5) is 4.79 Å². The van der Waals surface area contributed by atoms with Gasteiger partial charge in [-0.1, -0.05) is 0 Å². The molecule has 2 amide bonds. The third-order valence-electron chi connectivity index (χ3n) is 1.25. The van der Waals surface area contributed by atoms with Crippen LogP contribution in [0.1, 0.15) is 20.8 Å². The fourth-order valence-electron chi connectivity index (χ4n) is 0.690. The first-order valence-electron chi connectivity index (χ1n) is 4.30. The summed E-state index contributed by atoms with van der Waals surface area (Å²) in [5.41, 5.74) is -0.577. The molecule has 0 saturated heterocycles. The van der Waals surface area contributed by atoms with Crippen molar-refractivity contribution in [3.05, 3.63) is 6.92 Å². The molecule has 1 unspecified atom stereocenters. The predicted molar refractivity (Wildman–Crippen MR) is 52.6 cm³/mol. The van der Waals surface area contributed by atoms with E-state index in [-0.39, 0.29) is 5.91 Å². The standard InChI is InChI=1S/C9H17N2O3/c1-6(7(12)10-5)11-8(13)14-9(2,3)4/h6H,1H2,2-5H3,(H,10,12)(H,11,13). The van der Waals surface area contributed by atoms with Crippen LogP contribution in [0.5, 0.6) is 0 Å². The molecule has 0 aliphatic rings. The van der Waals surface area contributed by atoms with Crippen LogP contribution in [0.25, 0.3) is 0 Å². The number of carbonyl (C=O) groups excluding carboxylic acids is 2. The highest BCUT2D eigenvalue weighted by atomic mass is 16.6. The van der Waals surface area contributed by atoms with Gasteiger partial charge < -0.3 is 15.4 Å². The average molecular weight is 201 g/mol. The first kappa shape index (κ1) is 12.7. The molecule has 5 heteroatoms. The van der Waals surface area contributed by atoms with Crippen molar-refractivity contribution in [2.75, 3.05) is 7.05 Å². The third kappa shape index (κ3) is 5.40. The van der Waals surface area contributed by atoms with E-state index in [0.717, 1.165) is 0 Å². The highest BCUT2D eigenvalue weighted by molar-refractivity contribution is 5.85. The molecule has 0 aromatic rings. The van der Waals surface area contributed by atoms with E-state index in [0.29, 0.717) is 0 Å². The number of amides is 2. The molecule has 1 radical (unpaired) electrons. The van der Waals surface area contributed by atoms with E-state index in [4.69, 9.17) is 4.74 Å². The number of likely N-dealkylation sites (N-methyl/N-ethyl adjacent to an activating group) is 1. The molecular weight excluding hydrogens is 184 g/mol. The maximum Gasteiger partial charge on any atom is 0.408 e. The molecule has 0 heterocycles. The minimum absolute atomic E-state index is 0.365. The zero-order valence-electron chi connectivity index (χ0n) is 9.01. The van der Waals surface area contributed by atoms with Crippen molar-refractivity contribution in [2.24, 2.45) is 0 Å². The second kappa shape index (κ2) is 4.83. The molecule has 2 N–H and O–H groups in total. The van der Waals surface area contributed by atoms with Gasteiger partial charge in [-0.15, -0.1) is 0 Å². The second-order valence-electron chi connectivity index (χ2n) is 3.81. The zero-order chi connectivity index (χ0) is 11.4. The van der Waals surface area contributed by atoms with Gasteiger partial charge in [0, 0.05) is 7.05 Å². The second-order valence-corrected chi connectivity index (χ2v) is 3.81. The molecule has 5 nitrogen and oxygen atoms in total. The molecule has 0 saturated carbocycles. The Morgan fingerprint density at radius 1 is 1.36 bits per heavy atom. The van der Waals surface area contributed by atoms with Crippen molar-refractivity contribution in [1.29, 1.82) is 0 Å². The first-order valence-corrected chi connectivity index (χ1v) is 4.30. The van der Waals surface area contributed by atoms with Crippen LogP contribution in [-0.2, 0) is 9.53 Å². The van der Waals surface area contributed by atoms with Crippen LogP contribution in [0.3, 0.4) is 0 Å². The monoisotopic (exact) mass is 201 g/mol. The lowest BCUT2D eigenvalue weighted by Gasteiger charge is -2.21. The molecule has 81 valence electrons. The molecule has 0 aromatic heterocycles. The van der Waals surface area contributed by atoms with E-state index in [1.54, 1.807) is 20.8 Å². The Hall–Kier alpha value is -1.26. The van der Waals surface area contributed by atoms with Crippen molar-refractivity contribution >= 4 is 12.0 Å². The number of rotatable bonds is 2. The van der Waals surface area contributed by atoms with Gasteiger partial charge in [-0.25, -0.2) is 4.79 Å². The SMILES string of the molecule is [CH2]C(NC(=O)OC(C)(C)C)C(=O)NC. The molecule has 0 bridgehead atoms. The van der Waals surface area contributed by atoms with Crippen molar-refractivity contribution in [3.63, 3.8) is 0 Å². The van der Waals surface area contributed by atoms with Gasteiger partial charge >= 0.3 is 6.09 Å². The van der Waals surface area contributed by atoms with Crippen LogP contribution >= 0.6 is 0 Å². The molecule has 0 spiro atoms. The molecule has 0 aliphatic carbocycles. The molecular formula is C9H17N2O3. The van der Waals surface area contributed by atoms with Gasteiger partial charge in [0.1, 0.15) is 11.6 Å². The Balaban J connectivity index is 4.01. The Labute approximate surface area is 84.2 Å². The van der Waals surface area contributed by atoms with Crippen molar-refractivity contribution < 1.29 is 14.3 Å². The van der Waals surface area contributed by atoms with E-state index in [9.17, 15) is 9.59 Å². The normalized spacial score (nSPS) is 12.9. The highest BCUT2D eigenvalue weighted by Crippen LogP contribution is 2.06. The average Bonchev–Trinajstić information content (AvgIpc) is 1.99. The number of alkyl carbamates (subject to hydrolysis) is 1. The van der Waals surface area contributed by atoms with Crippen LogP contribution in [0.2, 0.25) is 0 Å². The largest absolute Gasteiger partial charge is 0.444 e. The van der Waals surface area contributed by atoms with E-state index in [1.807, 2.05) is 0 Å². The van der Waals surface area contributed by atoms with Gasteiger partial charge in [0.2, 0.25) is 5.91 Å². The molecule has 0 aromatic carbocycles. The molecule has 0 rings (SSSR count). The summed E-state index contributed by atoms with van der Waals surface area (Å²) >= 11 is 0. The zero-order valence-corrected chi connectivity index (χ0v) is 9.01. The Bertz CT molecular complexity index is 221. The van der Waals surface area contributed by atoms with Gasteiger partial charge in [-0.3, -0.25) is 4.79 Å². The minimum atomic E-state index is -0.838. The van der Waals surface area contributed by atoms with Crippen molar-refractivity contribution in [3.8, 4) is 0 Å². The highest BCUT2D eigenvalue weighted by Gasteiger charge is 2.20. The Morgan fingerprint density at radius 3 is 2.21 bits per heavy atom. The summed E-state index contributed by atoms with van der Waals surface area (Å²) in [5, 5.41) is 4.66. The predicted octanol–water partition coefficient (Wildman–Crippen LogP) is 0.460. The van der Waals surface area contributed by atoms with Gasteiger partial charge in [0.25, 0.3) is 0 Å². The Morgan fingerprint density at radius 2 is 1.86 bits per heavy atom. The molecule has 0 aliphatic heterocycles. The summed E-state index contributed by atoms with van der Waals surface area (Å²) in [4.78, 5) is 22.1. The van der Waals surface area contributed by atoms with Crippen LogP contribution in [-0.4, -0.2) is 30.7 Å². The fourth-order valence-corrected chi connectivity index (χ4v) is 0.690. The number of nitrogens with one attached hydrogen (secondary N) is 2. The molecule has 0 fully saturated rings. The van der Waals surface area contributed by atoms with Crippen LogP contribution in [0, 0.1) is 6.92 Å². The molecule has 1 atom stereocenters. The van der Waals surface area contributed by atoms with E-state index < -0.39 is 17.7 Å². The lowest BCUT2D eigenvalue weighted by molar-refractivity contribution is -0.121. The summed E-state index contributed by atoms with van der Waals surface area (Å²) in [6.45, 7) is 8.68. The van der Waals surface area contributed by atoms with Gasteiger partial charge in [-0.2, -0.15) is 0 Å². The number of ether oxygens (including phenoxy) is 1. The minimum Gasteiger partial charge on any atom is -0.444 e. The maximum absolute atomic E-state index is 11.1. The van der Waals surface area contributed by atoms with Crippen LogP contribution < -0.4 is 10.6 Å². The third-order valence-corrected chi connectivity index (χ3v) is 1.25. The summed E-state index contributed by atoms with van der Waals surface area (Å²) in [6.07, 6.45) is -0.652. The van der Waals surface area contributed by atoms with Crippen molar-refractivity contribution in [2.45, 2.75) is 32.4 Å². The number of hydrogen-bond donors (Lipinski definition) is 2. The lowest BCUT2D eigenvalue weighted by Crippen LogP contribution is -2.45. The first-order chi connectivity index (χ1) is 6.26. The summed E-state index contributed by atoms with van der Waals surface area (Å²) in [6, 6.07) is -0.838. The van der Waals surface area contributed by atoms with Gasteiger partial charge in [0.05, 0.1) is 0 Å². The van der Waals surface area contributed by atoms with Gasteiger partial charge in [0.15, 0.2) is 0 Å². The smallest absolute Gasteiger partial charge is 0.408 e. The Kier molecular flexibility index (Phi) is 4.40. The molecule has 14 heavy (non-hydrogen) atoms. The lowest BCUT2D eigenvalue weighted by atomic mass is 10.2. The van der Waals surface area contributed by atoms with E-state index >= 15 is 0 Å².